The summed E-state index contributed by atoms with van der Waals surface area (Å²) in [5, 5.41) is 12.0. The first-order valence-corrected chi connectivity index (χ1v) is 7.60. The molecule has 1 aromatic carbocycles. The number of likely N-dealkylation sites (tertiary alicyclic amines) is 1. The summed E-state index contributed by atoms with van der Waals surface area (Å²) in [5.74, 6) is -5.73. The number of nitrogens with one attached hydrogen (secondary N) is 1. The molecule has 1 amide bonds. The van der Waals surface area contributed by atoms with Gasteiger partial charge >= 0.3 is 12.1 Å². The van der Waals surface area contributed by atoms with Crippen LogP contribution >= 0.6 is 23.2 Å². The van der Waals surface area contributed by atoms with Crippen molar-refractivity contribution >= 4 is 40.8 Å². The van der Waals surface area contributed by atoms with Gasteiger partial charge in [-0.2, -0.15) is 13.2 Å². The third-order valence-electron chi connectivity index (χ3n) is 3.70. The molecule has 2 N–H and O–H groups in total. The molecule has 0 aliphatic carbocycles. The minimum Gasteiger partial charge on any atom is -0.481 e. The Morgan fingerprint density at radius 3 is 2.50 bits per heavy atom. The van der Waals surface area contributed by atoms with Gasteiger partial charge in [0.15, 0.2) is 0 Å². The number of anilines is 1. The quantitative estimate of drug-likeness (QED) is 0.836. The molecular weight excluding hydrogens is 372 g/mol. The van der Waals surface area contributed by atoms with Gasteiger partial charge in [0, 0.05) is 18.1 Å². The molecule has 1 fully saturated rings. The standard InChI is InChI=1S/C14H13Cl2F3N2O3/c15-7-1-2-10(16)11(3-7)20-12(22)6-21-4-8(13(23)24)9(5-21)14(17,18)19/h1-3,8-9H,4-6H2,(H,20,22)(H,23,24)/t8-,9-/m1/s1. The zero-order chi connectivity index (χ0) is 18.1. The minimum absolute atomic E-state index is 0.228. The fraction of sp³-hybridized carbons (Fsp3) is 0.429. The van der Waals surface area contributed by atoms with Gasteiger partial charge in [-0.3, -0.25) is 14.5 Å². The number of carbonyl (C=O) groups excluding carboxylic acids is 1. The van der Waals surface area contributed by atoms with Crippen LogP contribution in [0.5, 0.6) is 0 Å². The average molecular weight is 385 g/mol. The van der Waals surface area contributed by atoms with Crippen LogP contribution in [0.15, 0.2) is 18.2 Å². The lowest BCUT2D eigenvalue weighted by atomic mass is 9.96. The van der Waals surface area contributed by atoms with Crippen LogP contribution in [0.3, 0.4) is 0 Å². The first-order chi connectivity index (χ1) is 11.1. The molecule has 0 unspecified atom stereocenters. The van der Waals surface area contributed by atoms with Gasteiger partial charge < -0.3 is 10.4 Å². The molecule has 1 aliphatic rings. The van der Waals surface area contributed by atoms with E-state index in [-0.39, 0.29) is 23.8 Å². The summed E-state index contributed by atoms with van der Waals surface area (Å²) in [6.07, 6.45) is -4.63. The summed E-state index contributed by atoms with van der Waals surface area (Å²) in [6.45, 7) is -1.27. The molecule has 24 heavy (non-hydrogen) atoms. The maximum Gasteiger partial charge on any atom is 0.393 e. The SMILES string of the molecule is O=C(CN1C[C@@H](C(F)(F)F)[C@H](C(=O)O)C1)Nc1cc(Cl)ccc1Cl. The maximum atomic E-state index is 12.9. The lowest BCUT2D eigenvalue weighted by Crippen LogP contribution is -2.34. The Morgan fingerprint density at radius 1 is 1.29 bits per heavy atom. The van der Waals surface area contributed by atoms with Crippen LogP contribution in [0, 0.1) is 11.8 Å². The Bertz CT molecular complexity index is 655. The van der Waals surface area contributed by atoms with Crippen LogP contribution in [0.2, 0.25) is 10.0 Å². The van der Waals surface area contributed by atoms with Crippen molar-refractivity contribution in [1.29, 1.82) is 0 Å². The van der Waals surface area contributed by atoms with E-state index in [0.717, 1.165) is 4.90 Å². The number of hydrogen-bond acceptors (Lipinski definition) is 3. The van der Waals surface area contributed by atoms with E-state index < -0.39 is 36.4 Å². The van der Waals surface area contributed by atoms with Crippen LogP contribution in [-0.4, -0.2) is 47.7 Å². The van der Waals surface area contributed by atoms with E-state index in [1.165, 1.54) is 18.2 Å². The molecule has 2 atom stereocenters. The minimum atomic E-state index is -4.63. The van der Waals surface area contributed by atoms with E-state index in [9.17, 15) is 22.8 Å². The van der Waals surface area contributed by atoms with Crippen molar-refractivity contribution in [3.05, 3.63) is 28.2 Å². The maximum absolute atomic E-state index is 12.9. The zero-order valence-corrected chi connectivity index (χ0v) is 13.6. The summed E-state index contributed by atoms with van der Waals surface area (Å²) >= 11 is 11.7. The highest BCUT2D eigenvalue weighted by Gasteiger charge is 2.52. The van der Waals surface area contributed by atoms with Gasteiger partial charge in [-0.15, -0.1) is 0 Å². The molecule has 1 aromatic rings. The number of amides is 1. The number of hydrogen-bond donors (Lipinski definition) is 2. The number of rotatable bonds is 4. The average Bonchev–Trinajstić information content (AvgIpc) is 2.87. The van der Waals surface area contributed by atoms with Crippen LogP contribution in [0.4, 0.5) is 18.9 Å². The van der Waals surface area contributed by atoms with E-state index in [4.69, 9.17) is 28.3 Å². The highest BCUT2D eigenvalue weighted by molar-refractivity contribution is 6.35. The third-order valence-corrected chi connectivity index (χ3v) is 4.27. The van der Waals surface area contributed by atoms with E-state index in [1.807, 2.05) is 0 Å². The summed E-state index contributed by atoms with van der Waals surface area (Å²) < 4.78 is 38.7. The molecule has 0 saturated carbocycles. The van der Waals surface area contributed by atoms with Crippen molar-refractivity contribution in [2.24, 2.45) is 11.8 Å². The van der Waals surface area contributed by atoms with Crippen LogP contribution < -0.4 is 5.32 Å². The zero-order valence-electron chi connectivity index (χ0n) is 12.1. The number of halogens is 5. The highest BCUT2D eigenvalue weighted by atomic mass is 35.5. The Kier molecular flexibility index (Phi) is 5.62. The second kappa shape index (κ2) is 7.16. The largest absolute Gasteiger partial charge is 0.481 e. The van der Waals surface area contributed by atoms with Gasteiger partial charge in [0.1, 0.15) is 0 Å². The predicted molar refractivity (Wildman–Crippen MR) is 82.2 cm³/mol. The van der Waals surface area contributed by atoms with Crippen LogP contribution in [0.25, 0.3) is 0 Å². The lowest BCUT2D eigenvalue weighted by molar-refractivity contribution is -0.188. The molecule has 1 saturated heterocycles. The molecule has 0 bridgehead atoms. The molecule has 10 heteroatoms. The molecular formula is C14H13Cl2F3N2O3. The Hall–Kier alpha value is -1.51. The van der Waals surface area contributed by atoms with Crippen LogP contribution in [0.1, 0.15) is 0 Å². The number of benzene rings is 1. The van der Waals surface area contributed by atoms with Crippen molar-refractivity contribution in [3.63, 3.8) is 0 Å². The van der Waals surface area contributed by atoms with E-state index in [2.05, 4.69) is 5.32 Å². The lowest BCUT2D eigenvalue weighted by Gasteiger charge is -2.18. The molecule has 5 nitrogen and oxygen atoms in total. The van der Waals surface area contributed by atoms with E-state index in [0.29, 0.717) is 5.02 Å². The van der Waals surface area contributed by atoms with Crippen molar-refractivity contribution in [2.45, 2.75) is 6.18 Å². The van der Waals surface area contributed by atoms with Crippen molar-refractivity contribution in [1.82, 2.24) is 4.90 Å². The van der Waals surface area contributed by atoms with Gasteiger partial charge in [0.25, 0.3) is 0 Å². The number of carboxylic acids is 1. The molecule has 2 rings (SSSR count). The first kappa shape index (κ1) is 18.8. The van der Waals surface area contributed by atoms with Gasteiger partial charge in [0.2, 0.25) is 5.91 Å². The number of carboxylic acid groups (broad SMARTS) is 1. The molecule has 0 radical (unpaired) electrons. The predicted octanol–water partition coefficient (Wildman–Crippen LogP) is 3.13. The van der Waals surface area contributed by atoms with E-state index >= 15 is 0 Å². The second-order valence-electron chi connectivity index (χ2n) is 5.46. The summed E-state index contributed by atoms with van der Waals surface area (Å²) in [5.41, 5.74) is 0.232. The van der Waals surface area contributed by atoms with Gasteiger partial charge in [-0.25, -0.2) is 0 Å². The summed E-state index contributed by atoms with van der Waals surface area (Å²) in [4.78, 5) is 24.1. The smallest absolute Gasteiger partial charge is 0.393 e. The highest BCUT2D eigenvalue weighted by Crippen LogP contribution is 2.37. The molecule has 0 spiro atoms. The monoisotopic (exact) mass is 384 g/mol. The Balaban J connectivity index is 2.02. The number of carbonyl (C=O) groups is 2. The number of nitrogens with zero attached hydrogens (tertiary/aromatic N) is 1. The van der Waals surface area contributed by atoms with Crippen molar-refractivity contribution in [3.8, 4) is 0 Å². The second-order valence-corrected chi connectivity index (χ2v) is 6.30. The fourth-order valence-corrected chi connectivity index (χ4v) is 2.92. The molecule has 1 aliphatic heterocycles. The Morgan fingerprint density at radius 2 is 1.96 bits per heavy atom. The third kappa shape index (κ3) is 4.52. The molecule has 0 aromatic heterocycles. The van der Waals surface area contributed by atoms with Gasteiger partial charge in [-0.05, 0) is 18.2 Å². The topological polar surface area (TPSA) is 69.6 Å². The van der Waals surface area contributed by atoms with Crippen molar-refractivity contribution < 1.29 is 27.9 Å². The van der Waals surface area contributed by atoms with Crippen LogP contribution in [-0.2, 0) is 9.59 Å². The number of alkyl halides is 3. The summed E-state index contributed by atoms with van der Waals surface area (Å²) in [6, 6.07) is 4.39. The van der Waals surface area contributed by atoms with Gasteiger partial charge in [-0.1, -0.05) is 23.2 Å². The molecule has 1 heterocycles. The normalized spacial score (nSPS) is 21.7. The van der Waals surface area contributed by atoms with E-state index in [1.54, 1.807) is 0 Å². The van der Waals surface area contributed by atoms with Gasteiger partial charge in [0.05, 0.1) is 29.1 Å². The fourth-order valence-electron chi connectivity index (χ4n) is 2.58. The molecule has 132 valence electrons. The van der Waals surface area contributed by atoms with Crippen molar-refractivity contribution in [2.75, 3.05) is 25.0 Å². The summed E-state index contributed by atoms with van der Waals surface area (Å²) in [7, 11) is 0. The first-order valence-electron chi connectivity index (χ1n) is 6.84. The number of aliphatic carboxylic acids is 1. The Labute approximate surface area is 145 Å².